The second kappa shape index (κ2) is 11.8. The van der Waals surface area contributed by atoms with E-state index in [0.29, 0.717) is 23.9 Å². The van der Waals surface area contributed by atoms with E-state index in [4.69, 9.17) is 21.1 Å². The zero-order valence-corrected chi connectivity index (χ0v) is 21.6. The number of benzene rings is 2. The van der Waals surface area contributed by atoms with E-state index in [2.05, 4.69) is 9.64 Å². The van der Waals surface area contributed by atoms with Gasteiger partial charge in [-0.25, -0.2) is 0 Å². The Morgan fingerprint density at radius 1 is 1.00 bits per heavy atom. The predicted octanol–water partition coefficient (Wildman–Crippen LogP) is 3.69. The van der Waals surface area contributed by atoms with Crippen molar-refractivity contribution in [1.82, 2.24) is 14.7 Å². The first kappa shape index (κ1) is 28.0. The van der Waals surface area contributed by atoms with Gasteiger partial charge < -0.3 is 28.9 Å². The topological polar surface area (TPSA) is 71.6 Å². The molecule has 2 fully saturated rings. The highest BCUT2D eigenvalue weighted by Gasteiger charge is 2.43. The fourth-order valence-corrected chi connectivity index (χ4v) is 4.64. The summed E-state index contributed by atoms with van der Waals surface area (Å²) in [5.41, 5.74) is -0.938. The van der Waals surface area contributed by atoms with Crippen LogP contribution in [-0.4, -0.2) is 98.0 Å². The smallest absolute Gasteiger partial charge is 0.490 e. The van der Waals surface area contributed by atoms with Gasteiger partial charge in [0, 0.05) is 43.3 Å². The molecule has 0 saturated carbocycles. The van der Waals surface area contributed by atoms with Gasteiger partial charge in [0.05, 0.1) is 19.6 Å². The van der Waals surface area contributed by atoms with Crippen molar-refractivity contribution >= 4 is 23.4 Å². The third-order valence-electron chi connectivity index (χ3n) is 6.50. The van der Waals surface area contributed by atoms with Crippen LogP contribution in [0.4, 0.5) is 13.2 Å². The minimum atomic E-state index is -4.82. The Hall–Kier alpha value is -3.02. The molecular formula is C26H29ClF3N3O5. The number of nitrogens with zero attached hydrogens (tertiary/aromatic N) is 3. The molecule has 1 unspecified atom stereocenters. The Balaban J connectivity index is 1.50. The molecule has 2 saturated heterocycles. The second-order valence-electron chi connectivity index (χ2n) is 9.44. The summed E-state index contributed by atoms with van der Waals surface area (Å²) in [7, 11) is 2.00. The number of halogens is 4. The molecule has 2 aliphatic heterocycles. The normalized spacial score (nSPS) is 20.8. The Bertz CT molecular complexity index is 1130. The second-order valence-corrected chi connectivity index (χ2v) is 9.87. The maximum Gasteiger partial charge on any atom is 0.573 e. The van der Waals surface area contributed by atoms with Gasteiger partial charge in [0.25, 0.3) is 5.91 Å². The summed E-state index contributed by atoms with van der Waals surface area (Å²) >= 11 is 6.08. The van der Waals surface area contributed by atoms with Crippen LogP contribution < -0.4 is 9.47 Å². The lowest BCUT2D eigenvalue weighted by atomic mass is 9.96. The summed E-state index contributed by atoms with van der Waals surface area (Å²) < 4.78 is 53.5. The molecule has 2 amide bonds. The van der Waals surface area contributed by atoms with Crippen LogP contribution in [0.25, 0.3) is 0 Å². The Labute approximate surface area is 223 Å². The minimum absolute atomic E-state index is 0.000575. The van der Waals surface area contributed by atoms with Gasteiger partial charge in [-0.3, -0.25) is 9.59 Å². The van der Waals surface area contributed by atoms with Crippen molar-refractivity contribution in [3.63, 3.8) is 0 Å². The van der Waals surface area contributed by atoms with Crippen LogP contribution in [0.3, 0.4) is 0 Å². The van der Waals surface area contributed by atoms with Crippen LogP contribution in [-0.2, 0) is 9.53 Å². The third kappa shape index (κ3) is 7.52. The average Bonchev–Trinajstić information content (AvgIpc) is 2.87. The van der Waals surface area contributed by atoms with Crippen molar-refractivity contribution in [2.75, 3.05) is 59.5 Å². The lowest BCUT2D eigenvalue weighted by molar-refractivity contribution is -0.274. The molecule has 0 N–H and O–H groups in total. The molecule has 2 heterocycles. The fraction of sp³-hybridized carbons (Fsp3) is 0.462. The number of likely N-dealkylation sites (N-methyl/N-ethyl adjacent to an activating group) is 1. The van der Waals surface area contributed by atoms with E-state index in [1.165, 1.54) is 17.0 Å². The van der Waals surface area contributed by atoms with E-state index in [1.807, 2.05) is 7.05 Å². The van der Waals surface area contributed by atoms with Crippen molar-refractivity contribution in [1.29, 1.82) is 0 Å². The van der Waals surface area contributed by atoms with E-state index < -0.39 is 23.6 Å². The SMILES string of the molecule is CN1CCN(C(=O)CC2(COc3cccc(Cl)c3)CN(C(=O)c3ccc(OC(F)(F)F)cc3)CCO2)CC1. The van der Waals surface area contributed by atoms with Gasteiger partial charge in [-0.2, -0.15) is 0 Å². The molecule has 12 heteroatoms. The first-order valence-electron chi connectivity index (χ1n) is 12.2. The van der Waals surface area contributed by atoms with Gasteiger partial charge in [-0.05, 0) is 49.5 Å². The van der Waals surface area contributed by atoms with Crippen LogP contribution in [0.15, 0.2) is 48.5 Å². The highest BCUT2D eigenvalue weighted by molar-refractivity contribution is 6.30. The summed E-state index contributed by atoms with van der Waals surface area (Å²) in [5, 5.41) is 0.490. The molecule has 0 radical (unpaired) electrons. The monoisotopic (exact) mass is 555 g/mol. The van der Waals surface area contributed by atoms with Crippen LogP contribution in [0.1, 0.15) is 16.8 Å². The summed E-state index contributed by atoms with van der Waals surface area (Å²) in [6.45, 7) is 3.18. The molecule has 2 aromatic rings. The molecule has 2 aliphatic rings. The zero-order valence-electron chi connectivity index (χ0n) is 20.9. The van der Waals surface area contributed by atoms with Crippen LogP contribution in [0.2, 0.25) is 5.02 Å². The number of ether oxygens (including phenoxy) is 3. The molecule has 8 nitrogen and oxygen atoms in total. The number of amides is 2. The number of carbonyl (C=O) groups excluding carboxylic acids is 2. The predicted molar refractivity (Wildman–Crippen MR) is 133 cm³/mol. The number of rotatable bonds is 7. The summed E-state index contributed by atoms with van der Waals surface area (Å²) in [5.74, 6) is -0.420. The van der Waals surface area contributed by atoms with Crippen LogP contribution >= 0.6 is 11.6 Å². The van der Waals surface area contributed by atoms with Gasteiger partial charge in [0.1, 0.15) is 23.7 Å². The van der Waals surface area contributed by atoms with Crippen molar-refractivity contribution in [3.05, 3.63) is 59.1 Å². The van der Waals surface area contributed by atoms with Crippen LogP contribution in [0.5, 0.6) is 11.5 Å². The van der Waals surface area contributed by atoms with Gasteiger partial charge in [0.2, 0.25) is 5.91 Å². The summed E-state index contributed by atoms with van der Waals surface area (Å²) in [4.78, 5) is 32.0. The van der Waals surface area contributed by atoms with Gasteiger partial charge in [-0.1, -0.05) is 17.7 Å². The lowest BCUT2D eigenvalue weighted by Crippen LogP contribution is -2.59. The first-order valence-corrected chi connectivity index (χ1v) is 12.5. The number of piperazine rings is 1. The van der Waals surface area contributed by atoms with E-state index in [9.17, 15) is 22.8 Å². The van der Waals surface area contributed by atoms with Crippen molar-refractivity contribution in [2.24, 2.45) is 0 Å². The Kier molecular flexibility index (Phi) is 8.69. The average molecular weight is 556 g/mol. The van der Waals surface area contributed by atoms with Crippen molar-refractivity contribution in [2.45, 2.75) is 18.4 Å². The number of alkyl halides is 3. The van der Waals surface area contributed by atoms with E-state index in [0.717, 1.165) is 25.2 Å². The quantitative estimate of drug-likeness (QED) is 0.519. The van der Waals surface area contributed by atoms with Gasteiger partial charge >= 0.3 is 6.36 Å². The van der Waals surface area contributed by atoms with E-state index in [-0.39, 0.29) is 44.2 Å². The first-order chi connectivity index (χ1) is 18.0. The Morgan fingerprint density at radius 2 is 1.71 bits per heavy atom. The van der Waals surface area contributed by atoms with Crippen molar-refractivity contribution < 1.29 is 37.0 Å². The molecule has 0 bridgehead atoms. The molecule has 0 aromatic heterocycles. The summed E-state index contributed by atoms with van der Waals surface area (Å²) in [6, 6.07) is 11.6. The maximum absolute atomic E-state index is 13.3. The largest absolute Gasteiger partial charge is 0.573 e. The fourth-order valence-electron chi connectivity index (χ4n) is 4.46. The van der Waals surface area contributed by atoms with Crippen LogP contribution in [0, 0.1) is 0 Å². The van der Waals surface area contributed by atoms with Crippen molar-refractivity contribution in [3.8, 4) is 11.5 Å². The molecule has 1 atom stereocenters. The standard InChI is InChI=1S/C26H29ClF3N3O5/c1-31-9-11-32(12-10-31)23(34)16-25(18-36-22-4-2-3-20(27)15-22)17-33(13-14-37-25)24(35)19-5-7-21(8-6-19)38-26(28,29)30/h2-8,15H,9-14,16-18H2,1H3. The molecule has 206 valence electrons. The zero-order chi connectivity index (χ0) is 27.3. The van der Waals surface area contributed by atoms with Gasteiger partial charge in [-0.15, -0.1) is 13.2 Å². The molecule has 4 rings (SSSR count). The Morgan fingerprint density at radius 3 is 2.37 bits per heavy atom. The van der Waals surface area contributed by atoms with E-state index in [1.54, 1.807) is 29.2 Å². The number of morpholine rings is 1. The number of hydrogen-bond acceptors (Lipinski definition) is 6. The lowest BCUT2D eigenvalue weighted by Gasteiger charge is -2.43. The number of hydrogen-bond donors (Lipinski definition) is 0. The van der Waals surface area contributed by atoms with E-state index >= 15 is 0 Å². The molecular weight excluding hydrogens is 527 g/mol. The summed E-state index contributed by atoms with van der Waals surface area (Å²) in [6.07, 6.45) is -4.83. The molecule has 0 spiro atoms. The molecule has 38 heavy (non-hydrogen) atoms. The minimum Gasteiger partial charge on any atom is -0.490 e. The molecule has 0 aliphatic carbocycles. The maximum atomic E-state index is 13.3. The number of carbonyl (C=O) groups is 2. The third-order valence-corrected chi connectivity index (χ3v) is 6.73. The van der Waals surface area contributed by atoms with Gasteiger partial charge in [0.15, 0.2) is 0 Å². The highest BCUT2D eigenvalue weighted by atomic mass is 35.5. The molecule has 2 aromatic carbocycles. The highest BCUT2D eigenvalue weighted by Crippen LogP contribution is 2.28.